The average Bonchev–Trinajstić information content (AvgIpc) is 3.20. The van der Waals surface area contributed by atoms with Gasteiger partial charge in [0.25, 0.3) is 0 Å². The molecule has 4 aromatic rings. The second-order valence-electron chi connectivity index (χ2n) is 7.86. The van der Waals surface area contributed by atoms with E-state index in [9.17, 15) is 0 Å². The first-order valence-electron chi connectivity index (χ1n) is 10.0. The molecule has 0 saturated heterocycles. The van der Waals surface area contributed by atoms with E-state index in [1.165, 1.54) is 41.7 Å². The lowest BCUT2D eigenvalue weighted by Crippen LogP contribution is -2.41. The zero-order valence-corrected chi connectivity index (χ0v) is 15.4. The first kappa shape index (κ1) is 15.4. The highest BCUT2D eigenvalue weighted by Crippen LogP contribution is 2.29. The Morgan fingerprint density at radius 3 is 2.78 bits per heavy atom. The fourth-order valence-electron chi connectivity index (χ4n) is 4.59. The summed E-state index contributed by atoms with van der Waals surface area (Å²) in [6.45, 7) is 3.36. The van der Waals surface area contributed by atoms with Crippen molar-refractivity contribution in [2.24, 2.45) is 0 Å². The van der Waals surface area contributed by atoms with Crippen molar-refractivity contribution in [1.29, 1.82) is 0 Å². The Labute approximate surface area is 158 Å². The summed E-state index contributed by atoms with van der Waals surface area (Å²) in [5, 5.41) is 0. The van der Waals surface area contributed by atoms with E-state index in [0.717, 1.165) is 43.3 Å². The summed E-state index contributed by atoms with van der Waals surface area (Å²) >= 11 is 0. The Balaban J connectivity index is 1.35. The van der Waals surface area contributed by atoms with Crippen molar-refractivity contribution in [3.05, 3.63) is 54.7 Å². The second-order valence-corrected chi connectivity index (χ2v) is 7.86. The summed E-state index contributed by atoms with van der Waals surface area (Å²) in [4.78, 5) is 12.0. The van der Waals surface area contributed by atoms with Crippen LogP contribution in [0.15, 0.2) is 48.9 Å². The molecule has 3 aromatic heterocycles. The van der Waals surface area contributed by atoms with Crippen LogP contribution in [0, 0.1) is 0 Å². The topological polar surface area (TPSA) is 38.4 Å². The molecule has 0 radical (unpaired) electrons. The predicted octanol–water partition coefficient (Wildman–Crippen LogP) is 3.76. The molecule has 2 aliphatic rings. The Morgan fingerprint density at radius 1 is 0.963 bits per heavy atom. The van der Waals surface area contributed by atoms with Crippen molar-refractivity contribution < 1.29 is 0 Å². The molecule has 1 aliphatic carbocycles. The van der Waals surface area contributed by atoms with Crippen LogP contribution in [0.5, 0.6) is 0 Å². The highest BCUT2D eigenvalue weighted by Gasteiger charge is 2.27. The van der Waals surface area contributed by atoms with Gasteiger partial charge in [-0.15, -0.1) is 0 Å². The summed E-state index contributed by atoms with van der Waals surface area (Å²) in [7, 11) is 0. The molecule has 0 unspecified atom stereocenters. The zero-order valence-electron chi connectivity index (χ0n) is 15.4. The van der Waals surface area contributed by atoms with Gasteiger partial charge in [0.1, 0.15) is 11.5 Å². The average molecular weight is 357 g/mol. The number of hydrogen-bond acceptors (Lipinski definition) is 3. The monoisotopic (exact) mass is 357 g/mol. The molecule has 1 aliphatic heterocycles. The lowest BCUT2D eigenvalue weighted by atomic mass is 9.91. The summed E-state index contributed by atoms with van der Waals surface area (Å²) in [6.07, 6.45) is 11.2. The lowest BCUT2D eigenvalue weighted by Gasteiger charge is -2.36. The van der Waals surface area contributed by atoms with Crippen LogP contribution in [0.1, 0.15) is 25.1 Å². The molecular weight excluding hydrogens is 334 g/mol. The van der Waals surface area contributed by atoms with Crippen molar-refractivity contribution in [3.8, 4) is 11.1 Å². The van der Waals surface area contributed by atoms with Crippen molar-refractivity contribution in [2.75, 3.05) is 13.1 Å². The van der Waals surface area contributed by atoms with Crippen LogP contribution in [0.2, 0.25) is 0 Å². The maximum Gasteiger partial charge on any atom is 0.136 e. The molecule has 5 heteroatoms. The molecule has 0 N–H and O–H groups in total. The van der Waals surface area contributed by atoms with E-state index in [4.69, 9.17) is 4.98 Å². The third-order valence-corrected chi connectivity index (χ3v) is 6.37. The maximum atomic E-state index is 5.01. The summed E-state index contributed by atoms with van der Waals surface area (Å²) < 4.78 is 4.51. The van der Waals surface area contributed by atoms with Crippen molar-refractivity contribution in [2.45, 2.75) is 38.3 Å². The van der Waals surface area contributed by atoms with Crippen LogP contribution in [0.25, 0.3) is 27.8 Å². The largest absolute Gasteiger partial charge is 0.327 e. The quantitative estimate of drug-likeness (QED) is 0.548. The van der Waals surface area contributed by atoms with E-state index in [1.807, 2.05) is 12.4 Å². The van der Waals surface area contributed by atoms with Gasteiger partial charge in [0.2, 0.25) is 0 Å². The van der Waals surface area contributed by atoms with Gasteiger partial charge in [-0.25, -0.2) is 9.97 Å². The Bertz CT molecular complexity index is 1130. The van der Waals surface area contributed by atoms with Crippen molar-refractivity contribution in [3.63, 3.8) is 0 Å². The third-order valence-electron chi connectivity index (χ3n) is 6.37. The Kier molecular flexibility index (Phi) is 3.38. The number of benzene rings is 1. The molecule has 0 spiro atoms. The number of rotatable bonds is 2. The van der Waals surface area contributed by atoms with E-state index in [-0.39, 0.29) is 0 Å². The summed E-state index contributed by atoms with van der Waals surface area (Å²) in [5.74, 6) is 1.24. The molecule has 0 atom stereocenters. The van der Waals surface area contributed by atoms with Crippen LogP contribution in [-0.2, 0) is 13.0 Å². The molecule has 4 heterocycles. The minimum Gasteiger partial charge on any atom is -0.327 e. The number of aromatic nitrogens is 4. The molecule has 136 valence electrons. The van der Waals surface area contributed by atoms with Gasteiger partial charge in [-0.05, 0) is 48.2 Å². The smallest absolute Gasteiger partial charge is 0.136 e. The van der Waals surface area contributed by atoms with E-state index in [1.54, 1.807) is 0 Å². The third kappa shape index (κ3) is 2.49. The van der Waals surface area contributed by atoms with Crippen LogP contribution in [-0.4, -0.2) is 43.0 Å². The molecule has 6 rings (SSSR count). The lowest BCUT2D eigenvalue weighted by molar-refractivity contribution is 0.130. The van der Waals surface area contributed by atoms with Crippen LogP contribution >= 0.6 is 0 Å². The molecule has 1 saturated carbocycles. The molecule has 5 nitrogen and oxygen atoms in total. The van der Waals surface area contributed by atoms with Gasteiger partial charge < -0.3 is 8.97 Å². The van der Waals surface area contributed by atoms with Gasteiger partial charge in [0.15, 0.2) is 0 Å². The fourth-order valence-corrected chi connectivity index (χ4v) is 4.59. The van der Waals surface area contributed by atoms with E-state index >= 15 is 0 Å². The number of imidazole rings is 2. The van der Waals surface area contributed by atoms with Gasteiger partial charge in [-0.2, -0.15) is 0 Å². The minimum atomic E-state index is 0.825. The Morgan fingerprint density at radius 2 is 1.89 bits per heavy atom. The van der Waals surface area contributed by atoms with E-state index in [2.05, 4.69) is 55.4 Å². The fraction of sp³-hybridized carbons (Fsp3) is 0.364. The Hall–Kier alpha value is -2.66. The van der Waals surface area contributed by atoms with Crippen molar-refractivity contribution >= 4 is 16.7 Å². The highest BCUT2D eigenvalue weighted by atomic mass is 15.2. The first-order chi connectivity index (χ1) is 13.3. The predicted molar refractivity (Wildman–Crippen MR) is 107 cm³/mol. The first-order valence-corrected chi connectivity index (χ1v) is 10.0. The molecule has 0 amide bonds. The number of pyridine rings is 1. The zero-order chi connectivity index (χ0) is 17.8. The van der Waals surface area contributed by atoms with Crippen molar-refractivity contribution in [1.82, 2.24) is 23.8 Å². The van der Waals surface area contributed by atoms with Gasteiger partial charge in [-0.1, -0.05) is 12.5 Å². The highest BCUT2D eigenvalue weighted by molar-refractivity contribution is 5.82. The van der Waals surface area contributed by atoms with Gasteiger partial charge in [0, 0.05) is 50.7 Å². The summed E-state index contributed by atoms with van der Waals surface area (Å²) in [6, 6.07) is 11.7. The van der Waals surface area contributed by atoms with Gasteiger partial charge >= 0.3 is 0 Å². The molecule has 0 bridgehead atoms. The number of nitrogens with zero attached hydrogens (tertiary/aromatic N) is 5. The number of hydrogen-bond donors (Lipinski definition) is 0. The second kappa shape index (κ2) is 5.92. The van der Waals surface area contributed by atoms with Gasteiger partial charge in [0.05, 0.1) is 11.0 Å². The SMILES string of the molecule is c1cn2cc(-c3ccc4c(c3)nc3n4CCN(C4CCC4)CC3)ccc2n1. The minimum absolute atomic E-state index is 0.825. The van der Waals surface area contributed by atoms with Crippen LogP contribution in [0.4, 0.5) is 0 Å². The molecule has 1 fully saturated rings. The standard InChI is InChI=1S/C22H23N5/c1-2-18(3-1)25-10-8-22-24-19-14-16(4-6-20(19)27(22)13-12-25)17-5-7-21-23-9-11-26(21)15-17/h4-7,9,11,14-15,18H,1-3,8,10,12-13H2. The van der Waals surface area contributed by atoms with Crippen LogP contribution < -0.4 is 0 Å². The summed E-state index contributed by atoms with van der Waals surface area (Å²) in [5.41, 5.74) is 5.77. The maximum absolute atomic E-state index is 5.01. The van der Waals surface area contributed by atoms with E-state index < -0.39 is 0 Å². The van der Waals surface area contributed by atoms with E-state index in [0.29, 0.717) is 0 Å². The molecular formula is C22H23N5. The normalized spacial score (nSPS) is 18.5. The van der Waals surface area contributed by atoms with Gasteiger partial charge in [-0.3, -0.25) is 4.90 Å². The molecule has 27 heavy (non-hydrogen) atoms. The number of fused-ring (bicyclic) bond motifs is 4. The van der Waals surface area contributed by atoms with Crippen LogP contribution in [0.3, 0.4) is 0 Å². The molecule has 1 aromatic carbocycles.